The van der Waals surface area contributed by atoms with Gasteiger partial charge in [0.2, 0.25) is 0 Å². The molecule has 0 spiro atoms. The first-order valence-electron chi connectivity index (χ1n) is 3.63. The van der Waals surface area contributed by atoms with E-state index < -0.39 is 12.1 Å². The van der Waals surface area contributed by atoms with Crippen molar-refractivity contribution in [2.75, 3.05) is 13.7 Å². The van der Waals surface area contributed by atoms with Crippen molar-refractivity contribution in [2.45, 2.75) is 25.0 Å². The maximum atomic E-state index is 10.5. The Balaban J connectivity index is 2.51. The van der Waals surface area contributed by atoms with Crippen LogP contribution in [0.4, 0.5) is 0 Å². The van der Waals surface area contributed by atoms with Gasteiger partial charge in [-0.1, -0.05) is 0 Å². The minimum absolute atomic E-state index is 0.277. The highest BCUT2D eigenvalue weighted by atomic mass is 16.6. The third-order valence-corrected chi connectivity index (χ3v) is 1.81. The summed E-state index contributed by atoms with van der Waals surface area (Å²) in [5, 5.41) is 8.63. The molecule has 0 aliphatic carbocycles. The molecule has 0 amide bonds. The molecule has 1 heterocycles. The third kappa shape index (κ3) is 1.91. The molecule has 1 saturated heterocycles. The summed E-state index contributed by atoms with van der Waals surface area (Å²) in [6.07, 6.45) is 0.602. The van der Waals surface area contributed by atoms with Crippen LogP contribution in [0.1, 0.15) is 12.8 Å². The molecule has 0 saturated carbocycles. The summed E-state index contributed by atoms with van der Waals surface area (Å²) < 4.78 is 9.98. The number of aliphatic carboxylic acids is 1. The minimum Gasteiger partial charge on any atom is -0.479 e. The lowest BCUT2D eigenvalue weighted by molar-refractivity contribution is -0.166. The molecular weight excluding hydrogens is 148 g/mol. The molecule has 2 atom stereocenters. The Kier molecular flexibility index (Phi) is 2.84. The molecule has 1 aliphatic rings. The molecule has 0 aromatic rings. The van der Waals surface area contributed by atoms with Gasteiger partial charge < -0.3 is 14.6 Å². The van der Waals surface area contributed by atoms with Gasteiger partial charge in [-0.3, -0.25) is 0 Å². The Morgan fingerprint density at radius 1 is 1.73 bits per heavy atom. The van der Waals surface area contributed by atoms with Crippen LogP contribution in [0.3, 0.4) is 0 Å². The van der Waals surface area contributed by atoms with Crippen molar-refractivity contribution in [3.63, 3.8) is 0 Å². The van der Waals surface area contributed by atoms with E-state index in [1.54, 1.807) is 0 Å². The molecule has 2 unspecified atom stereocenters. The lowest BCUT2D eigenvalue weighted by Crippen LogP contribution is -2.41. The first-order valence-corrected chi connectivity index (χ1v) is 3.63. The number of methoxy groups -OCH3 is 1. The van der Waals surface area contributed by atoms with Gasteiger partial charge in [-0.05, 0) is 12.8 Å². The molecule has 1 aliphatic heterocycles. The van der Waals surface area contributed by atoms with Crippen molar-refractivity contribution in [2.24, 2.45) is 0 Å². The highest BCUT2D eigenvalue weighted by molar-refractivity contribution is 5.73. The molecule has 0 aromatic heterocycles. The van der Waals surface area contributed by atoms with Gasteiger partial charge in [0.15, 0.2) is 6.10 Å². The van der Waals surface area contributed by atoms with E-state index in [1.165, 1.54) is 7.11 Å². The number of hydrogen-bond donors (Lipinski definition) is 1. The summed E-state index contributed by atoms with van der Waals surface area (Å²) in [5.74, 6) is -0.934. The summed E-state index contributed by atoms with van der Waals surface area (Å²) in [6.45, 7) is 0.525. The van der Waals surface area contributed by atoms with Crippen molar-refractivity contribution < 1.29 is 19.4 Å². The van der Waals surface area contributed by atoms with Crippen molar-refractivity contribution in [3.8, 4) is 0 Å². The van der Waals surface area contributed by atoms with E-state index >= 15 is 0 Å². The molecule has 0 bridgehead atoms. The SMILES string of the molecule is COC1CCCOC1C(=O)O. The van der Waals surface area contributed by atoms with E-state index in [2.05, 4.69) is 0 Å². The molecule has 0 aromatic carbocycles. The quantitative estimate of drug-likeness (QED) is 0.629. The summed E-state index contributed by atoms with van der Waals surface area (Å²) in [6, 6.07) is 0. The van der Waals surface area contributed by atoms with Crippen molar-refractivity contribution >= 4 is 5.97 Å². The zero-order valence-corrected chi connectivity index (χ0v) is 6.45. The van der Waals surface area contributed by atoms with Gasteiger partial charge >= 0.3 is 5.97 Å². The van der Waals surface area contributed by atoms with Crippen molar-refractivity contribution in [1.29, 1.82) is 0 Å². The molecule has 0 radical (unpaired) electrons. The van der Waals surface area contributed by atoms with Crippen LogP contribution in [0, 0.1) is 0 Å². The smallest absolute Gasteiger partial charge is 0.335 e. The predicted molar refractivity (Wildman–Crippen MR) is 37.4 cm³/mol. The van der Waals surface area contributed by atoms with Gasteiger partial charge in [0, 0.05) is 13.7 Å². The highest BCUT2D eigenvalue weighted by Crippen LogP contribution is 2.16. The predicted octanol–water partition coefficient (Wildman–Crippen LogP) is 0.265. The van der Waals surface area contributed by atoms with Gasteiger partial charge in [0.25, 0.3) is 0 Å². The summed E-state index contributed by atoms with van der Waals surface area (Å²) >= 11 is 0. The number of rotatable bonds is 2. The summed E-state index contributed by atoms with van der Waals surface area (Å²) in [4.78, 5) is 10.5. The molecule has 4 heteroatoms. The first-order chi connectivity index (χ1) is 5.25. The van der Waals surface area contributed by atoms with Gasteiger partial charge in [0.05, 0.1) is 6.10 Å². The fraction of sp³-hybridized carbons (Fsp3) is 0.857. The van der Waals surface area contributed by atoms with Crippen LogP contribution in [-0.2, 0) is 14.3 Å². The average molecular weight is 160 g/mol. The maximum Gasteiger partial charge on any atom is 0.335 e. The largest absolute Gasteiger partial charge is 0.479 e. The Morgan fingerprint density at radius 3 is 2.91 bits per heavy atom. The van der Waals surface area contributed by atoms with Crippen LogP contribution in [0.15, 0.2) is 0 Å². The summed E-state index contributed by atoms with van der Waals surface area (Å²) in [5.41, 5.74) is 0. The van der Waals surface area contributed by atoms with E-state index in [1.807, 2.05) is 0 Å². The van der Waals surface area contributed by atoms with Gasteiger partial charge in [0.1, 0.15) is 0 Å². The van der Waals surface area contributed by atoms with E-state index in [0.29, 0.717) is 6.61 Å². The Morgan fingerprint density at radius 2 is 2.45 bits per heavy atom. The maximum absolute atomic E-state index is 10.5. The van der Waals surface area contributed by atoms with Crippen LogP contribution in [0.25, 0.3) is 0 Å². The molecule has 1 N–H and O–H groups in total. The minimum atomic E-state index is -0.934. The Bertz CT molecular complexity index is 145. The van der Waals surface area contributed by atoms with Crippen LogP contribution in [0.2, 0.25) is 0 Å². The lowest BCUT2D eigenvalue weighted by atomic mass is 10.1. The zero-order valence-electron chi connectivity index (χ0n) is 6.45. The number of ether oxygens (including phenoxy) is 2. The van der Waals surface area contributed by atoms with Crippen molar-refractivity contribution in [3.05, 3.63) is 0 Å². The lowest BCUT2D eigenvalue weighted by Gasteiger charge is -2.27. The molecule has 11 heavy (non-hydrogen) atoms. The number of carboxylic acids is 1. The van der Waals surface area contributed by atoms with Gasteiger partial charge in [-0.15, -0.1) is 0 Å². The molecule has 1 rings (SSSR count). The number of carbonyl (C=O) groups is 1. The van der Waals surface area contributed by atoms with E-state index in [9.17, 15) is 4.79 Å². The van der Waals surface area contributed by atoms with Crippen molar-refractivity contribution in [1.82, 2.24) is 0 Å². The van der Waals surface area contributed by atoms with Gasteiger partial charge in [-0.2, -0.15) is 0 Å². The van der Waals surface area contributed by atoms with Crippen LogP contribution >= 0.6 is 0 Å². The Labute approximate surface area is 65.1 Å². The summed E-state index contributed by atoms with van der Waals surface area (Å²) in [7, 11) is 1.51. The van der Waals surface area contributed by atoms with E-state index in [4.69, 9.17) is 14.6 Å². The molecular formula is C7H12O4. The molecule has 64 valence electrons. The van der Waals surface area contributed by atoms with Crippen LogP contribution in [-0.4, -0.2) is 37.0 Å². The van der Waals surface area contributed by atoms with Crippen LogP contribution in [0.5, 0.6) is 0 Å². The van der Waals surface area contributed by atoms with Crippen LogP contribution < -0.4 is 0 Å². The topological polar surface area (TPSA) is 55.8 Å². The second-order valence-electron chi connectivity index (χ2n) is 2.55. The second kappa shape index (κ2) is 3.69. The normalized spacial score (nSPS) is 31.7. The number of carboxylic acid groups (broad SMARTS) is 1. The first kappa shape index (κ1) is 8.49. The fourth-order valence-corrected chi connectivity index (χ4v) is 1.23. The second-order valence-corrected chi connectivity index (χ2v) is 2.55. The number of hydrogen-bond acceptors (Lipinski definition) is 3. The zero-order chi connectivity index (χ0) is 8.27. The standard InChI is InChI=1S/C7H12O4/c1-10-5-3-2-4-11-6(5)7(8)9/h5-6H,2-4H2,1H3,(H,8,9). The molecule has 4 nitrogen and oxygen atoms in total. The monoisotopic (exact) mass is 160 g/mol. The molecule has 1 fully saturated rings. The third-order valence-electron chi connectivity index (χ3n) is 1.81. The average Bonchev–Trinajstić information content (AvgIpc) is 2.04. The highest BCUT2D eigenvalue weighted by Gasteiger charge is 2.31. The van der Waals surface area contributed by atoms with E-state index in [0.717, 1.165) is 12.8 Å². The Hall–Kier alpha value is -0.610. The van der Waals surface area contributed by atoms with E-state index in [-0.39, 0.29) is 6.10 Å². The van der Waals surface area contributed by atoms with Gasteiger partial charge in [-0.25, -0.2) is 4.79 Å². The fourth-order valence-electron chi connectivity index (χ4n) is 1.23.